The third-order valence-electron chi connectivity index (χ3n) is 4.88. The molecule has 1 aromatic carbocycles. The van der Waals surface area contributed by atoms with Crippen LogP contribution >= 0.6 is 0 Å². The molecule has 1 aliphatic heterocycles. The number of rotatable bonds is 5. The fourth-order valence-corrected chi connectivity index (χ4v) is 3.94. The van der Waals surface area contributed by atoms with Crippen molar-refractivity contribution in [2.24, 2.45) is 0 Å². The molecule has 8 nitrogen and oxygen atoms in total. The van der Waals surface area contributed by atoms with Gasteiger partial charge in [0.05, 0.1) is 4.90 Å². The van der Waals surface area contributed by atoms with Crippen LogP contribution in [0.25, 0.3) is 5.69 Å². The molecule has 0 aliphatic carbocycles. The van der Waals surface area contributed by atoms with E-state index >= 15 is 0 Å². The molecule has 1 N–H and O–H groups in total. The van der Waals surface area contributed by atoms with Crippen LogP contribution in [0.15, 0.2) is 52.3 Å². The van der Waals surface area contributed by atoms with Gasteiger partial charge < -0.3 is 15.0 Å². The summed E-state index contributed by atoms with van der Waals surface area (Å²) in [6, 6.07) is 9.31. The summed E-state index contributed by atoms with van der Waals surface area (Å²) in [6.45, 7) is 5.06. The highest BCUT2D eigenvalue weighted by molar-refractivity contribution is 7.90. The Morgan fingerprint density at radius 1 is 1.13 bits per heavy atom. The number of pyridine rings is 1. The molecule has 2 heterocycles. The Labute approximate surface area is 176 Å². The second-order valence-electron chi connectivity index (χ2n) is 7.75. The first kappa shape index (κ1) is 21.9. The Hall–Kier alpha value is -2.81. The second-order valence-corrected chi connectivity index (χ2v) is 9.76. The van der Waals surface area contributed by atoms with E-state index in [4.69, 9.17) is 4.74 Å². The number of carbonyl (C=O) groups excluding carboxylic acids is 1. The maximum Gasteiger partial charge on any atom is 0.317 e. The zero-order valence-electron chi connectivity index (χ0n) is 17.4. The number of nitrogens with one attached hydrogen (secondary N) is 1. The lowest BCUT2D eigenvalue weighted by Gasteiger charge is -2.32. The number of aromatic nitrogens is 1. The van der Waals surface area contributed by atoms with E-state index in [0.29, 0.717) is 37.4 Å². The second kappa shape index (κ2) is 8.91. The highest BCUT2D eigenvalue weighted by Gasteiger charge is 2.24. The predicted molar refractivity (Wildman–Crippen MR) is 114 cm³/mol. The third kappa shape index (κ3) is 5.41. The molecule has 3 rings (SSSR count). The Morgan fingerprint density at radius 3 is 2.30 bits per heavy atom. The van der Waals surface area contributed by atoms with Crippen LogP contribution in [-0.4, -0.2) is 55.4 Å². The van der Waals surface area contributed by atoms with E-state index in [1.807, 2.05) is 13.8 Å². The number of nitrogens with zero attached hydrogens (tertiary/aromatic N) is 2. The van der Waals surface area contributed by atoms with E-state index < -0.39 is 9.84 Å². The molecule has 9 heteroatoms. The Bertz CT molecular complexity index is 1050. The maximum absolute atomic E-state index is 12.5. The lowest BCUT2D eigenvalue weighted by Crippen LogP contribution is -2.48. The highest BCUT2D eigenvalue weighted by Crippen LogP contribution is 2.19. The minimum Gasteiger partial charge on any atom is -0.490 e. The summed E-state index contributed by atoms with van der Waals surface area (Å²) in [6.07, 6.45) is 4.08. The van der Waals surface area contributed by atoms with Crippen molar-refractivity contribution >= 4 is 15.9 Å². The monoisotopic (exact) mass is 433 g/mol. The first-order valence-corrected chi connectivity index (χ1v) is 11.8. The quantitative estimate of drug-likeness (QED) is 0.780. The van der Waals surface area contributed by atoms with Crippen LogP contribution in [0.4, 0.5) is 4.79 Å². The lowest BCUT2D eigenvalue weighted by atomic mass is 10.1. The molecule has 0 radical (unpaired) electrons. The van der Waals surface area contributed by atoms with Gasteiger partial charge in [0.2, 0.25) is 0 Å². The smallest absolute Gasteiger partial charge is 0.317 e. The molecule has 30 heavy (non-hydrogen) atoms. The van der Waals surface area contributed by atoms with Crippen molar-refractivity contribution in [2.45, 2.75) is 43.7 Å². The van der Waals surface area contributed by atoms with E-state index in [0.717, 1.165) is 6.26 Å². The molecular weight excluding hydrogens is 406 g/mol. The molecule has 162 valence electrons. The summed E-state index contributed by atoms with van der Waals surface area (Å²) in [5.41, 5.74) is 0.303. The number of benzene rings is 1. The maximum atomic E-state index is 12.5. The van der Waals surface area contributed by atoms with Crippen LogP contribution in [0, 0.1) is 0 Å². The standard InChI is InChI=1S/C21H27N3O5S/c1-15(2)22-21(26)23-11-8-17(9-12-23)29-18-10-13-24(20(25)14-18)16-4-6-19(7-5-16)30(3,27)28/h4-7,10,13-15,17H,8-9,11-12H2,1-3H3,(H,22,26). The van der Waals surface area contributed by atoms with Crippen molar-refractivity contribution in [3.05, 3.63) is 52.9 Å². The molecule has 0 unspecified atom stereocenters. The molecule has 2 amide bonds. The van der Waals surface area contributed by atoms with Crippen LogP contribution < -0.4 is 15.6 Å². The summed E-state index contributed by atoms with van der Waals surface area (Å²) in [4.78, 5) is 26.6. The molecule has 0 bridgehead atoms. The molecule has 0 spiro atoms. The molecule has 1 aliphatic rings. The van der Waals surface area contributed by atoms with Crippen LogP contribution in [0.5, 0.6) is 5.75 Å². The Balaban J connectivity index is 1.63. The van der Waals surface area contributed by atoms with Crippen molar-refractivity contribution in [2.75, 3.05) is 19.3 Å². The molecular formula is C21H27N3O5S. The van der Waals surface area contributed by atoms with Gasteiger partial charge in [-0.25, -0.2) is 13.2 Å². The van der Waals surface area contributed by atoms with Gasteiger partial charge in [-0.3, -0.25) is 9.36 Å². The zero-order valence-corrected chi connectivity index (χ0v) is 18.2. The van der Waals surface area contributed by atoms with Crippen molar-refractivity contribution < 1.29 is 17.9 Å². The number of amides is 2. The summed E-state index contributed by atoms with van der Waals surface area (Å²) in [5.74, 6) is 0.481. The zero-order chi connectivity index (χ0) is 21.9. The summed E-state index contributed by atoms with van der Waals surface area (Å²) in [7, 11) is -3.29. The largest absolute Gasteiger partial charge is 0.490 e. The Kier molecular flexibility index (Phi) is 6.50. The van der Waals surface area contributed by atoms with Gasteiger partial charge in [-0.2, -0.15) is 0 Å². The number of hydrogen-bond acceptors (Lipinski definition) is 5. The van der Waals surface area contributed by atoms with Crippen LogP contribution in [-0.2, 0) is 9.84 Å². The van der Waals surface area contributed by atoms with E-state index in [1.54, 1.807) is 29.3 Å². The van der Waals surface area contributed by atoms with Gasteiger partial charge in [-0.05, 0) is 44.2 Å². The number of carbonyl (C=O) groups is 1. The van der Waals surface area contributed by atoms with Crippen LogP contribution in [0.1, 0.15) is 26.7 Å². The van der Waals surface area contributed by atoms with Crippen molar-refractivity contribution in [1.29, 1.82) is 0 Å². The topological polar surface area (TPSA) is 97.7 Å². The van der Waals surface area contributed by atoms with Gasteiger partial charge in [-0.1, -0.05) is 0 Å². The number of ether oxygens (including phenoxy) is 1. The average Bonchev–Trinajstić information content (AvgIpc) is 2.67. The summed E-state index contributed by atoms with van der Waals surface area (Å²) < 4.78 is 30.5. The fraction of sp³-hybridized carbons (Fsp3) is 0.429. The molecule has 2 aromatic rings. The van der Waals surface area contributed by atoms with Crippen LogP contribution in [0.3, 0.4) is 0 Å². The van der Waals surface area contributed by atoms with Gasteiger partial charge >= 0.3 is 6.03 Å². The Morgan fingerprint density at radius 2 is 1.77 bits per heavy atom. The van der Waals surface area contributed by atoms with Crippen molar-refractivity contribution in [1.82, 2.24) is 14.8 Å². The highest BCUT2D eigenvalue weighted by atomic mass is 32.2. The van der Waals surface area contributed by atoms with Crippen molar-refractivity contribution in [3.8, 4) is 11.4 Å². The molecule has 1 saturated heterocycles. The minimum absolute atomic E-state index is 0.0580. The molecule has 1 aromatic heterocycles. The van der Waals surface area contributed by atoms with E-state index in [1.165, 1.54) is 22.8 Å². The van der Waals surface area contributed by atoms with Gasteiger partial charge in [0.1, 0.15) is 11.9 Å². The van der Waals surface area contributed by atoms with E-state index in [2.05, 4.69) is 5.32 Å². The normalized spacial score (nSPS) is 15.3. The number of piperidine rings is 1. The van der Waals surface area contributed by atoms with Gasteiger partial charge in [-0.15, -0.1) is 0 Å². The van der Waals surface area contributed by atoms with Crippen molar-refractivity contribution in [3.63, 3.8) is 0 Å². The average molecular weight is 434 g/mol. The van der Waals surface area contributed by atoms with Crippen LogP contribution in [0.2, 0.25) is 0 Å². The third-order valence-corrected chi connectivity index (χ3v) is 6.01. The predicted octanol–water partition coefficient (Wildman–Crippen LogP) is 2.20. The number of likely N-dealkylation sites (tertiary alicyclic amines) is 1. The fourth-order valence-electron chi connectivity index (χ4n) is 3.31. The molecule has 0 saturated carbocycles. The number of hydrogen-bond donors (Lipinski definition) is 1. The molecule has 0 atom stereocenters. The number of sulfone groups is 1. The first-order valence-electron chi connectivity index (χ1n) is 9.89. The van der Waals surface area contributed by atoms with Gasteiger partial charge in [0.15, 0.2) is 9.84 Å². The van der Waals surface area contributed by atoms with Gasteiger partial charge in [0, 0.05) is 56.2 Å². The summed E-state index contributed by atoms with van der Waals surface area (Å²) in [5, 5.41) is 2.89. The summed E-state index contributed by atoms with van der Waals surface area (Å²) >= 11 is 0. The number of urea groups is 1. The van der Waals surface area contributed by atoms with Gasteiger partial charge in [0.25, 0.3) is 5.56 Å². The minimum atomic E-state index is -3.29. The van der Waals surface area contributed by atoms with E-state index in [-0.39, 0.29) is 28.6 Å². The lowest BCUT2D eigenvalue weighted by molar-refractivity contribution is 0.110. The first-order chi connectivity index (χ1) is 14.1. The molecule has 1 fully saturated rings. The van der Waals surface area contributed by atoms with E-state index in [9.17, 15) is 18.0 Å². The SMILES string of the molecule is CC(C)NC(=O)N1CCC(Oc2ccn(-c3ccc(S(C)(=O)=O)cc3)c(=O)c2)CC1.